The van der Waals surface area contributed by atoms with Crippen LogP contribution in [0, 0.1) is 13.8 Å². The first kappa shape index (κ1) is 20.7. The molecule has 31 heavy (non-hydrogen) atoms. The van der Waals surface area contributed by atoms with Gasteiger partial charge < -0.3 is 15.0 Å². The van der Waals surface area contributed by atoms with Gasteiger partial charge in [0.1, 0.15) is 0 Å². The number of hydrogen-bond acceptors (Lipinski definition) is 5. The minimum Gasteiger partial charge on any atom is -0.365 e. The molecule has 1 aromatic carbocycles. The number of carbonyl (C=O) groups is 2. The second-order valence-corrected chi connectivity index (χ2v) is 7.55. The number of hydrogen-bond donors (Lipinski definition) is 1. The smallest absolute Gasteiger partial charge is 0.254 e. The molecule has 1 aliphatic heterocycles. The summed E-state index contributed by atoms with van der Waals surface area (Å²) in [5, 5.41) is 7.13. The Kier molecular flexibility index (Phi) is 6.08. The Morgan fingerprint density at radius 3 is 2.81 bits per heavy atom. The maximum atomic E-state index is 13.1. The van der Waals surface area contributed by atoms with Gasteiger partial charge in [0.2, 0.25) is 0 Å². The van der Waals surface area contributed by atoms with Crippen molar-refractivity contribution >= 4 is 11.8 Å². The average Bonchev–Trinajstić information content (AvgIpc) is 3.33. The van der Waals surface area contributed by atoms with Gasteiger partial charge in [0.25, 0.3) is 11.8 Å². The van der Waals surface area contributed by atoms with E-state index >= 15 is 0 Å². The van der Waals surface area contributed by atoms with E-state index in [0.717, 1.165) is 22.5 Å². The maximum absolute atomic E-state index is 13.1. The van der Waals surface area contributed by atoms with E-state index in [1.54, 1.807) is 28.0 Å². The lowest BCUT2D eigenvalue weighted by molar-refractivity contribution is -0.137. The van der Waals surface area contributed by atoms with E-state index in [1.165, 1.54) is 0 Å². The largest absolute Gasteiger partial charge is 0.365 e. The van der Waals surface area contributed by atoms with Crippen LogP contribution in [0.5, 0.6) is 0 Å². The van der Waals surface area contributed by atoms with Crippen molar-refractivity contribution in [3.05, 3.63) is 77.4 Å². The number of carbonyl (C=O) groups excluding carboxylic acids is 2. The Labute approximate surface area is 180 Å². The summed E-state index contributed by atoms with van der Waals surface area (Å²) in [5.74, 6) is -0.376. The molecule has 3 aromatic rings. The molecule has 0 saturated carbocycles. The van der Waals surface area contributed by atoms with Crippen LogP contribution in [0.1, 0.15) is 27.2 Å². The number of morpholine rings is 1. The third kappa shape index (κ3) is 4.64. The molecule has 1 aliphatic rings. The molecular weight excluding hydrogens is 394 g/mol. The second-order valence-electron chi connectivity index (χ2n) is 7.55. The number of rotatable bonds is 5. The fraction of sp³-hybridized carbons (Fsp3) is 0.304. The van der Waals surface area contributed by atoms with Crippen LogP contribution in [0.4, 0.5) is 0 Å². The van der Waals surface area contributed by atoms with Gasteiger partial charge in [-0.1, -0.05) is 12.1 Å². The number of aryl methyl sites for hydroxylation is 2. The van der Waals surface area contributed by atoms with Gasteiger partial charge in [-0.25, -0.2) is 4.68 Å². The minimum atomic E-state index is -0.710. The van der Waals surface area contributed by atoms with Gasteiger partial charge in [0, 0.05) is 30.7 Å². The number of benzene rings is 1. The van der Waals surface area contributed by atoms with Gasteiger partial charge in [-0.05, 0) is 49.2 Å². The van der Waals surface area contributed by atoms with E-state index in [0.29, 0.717) is 25.3 Å². The monoisotopic (exact) mass is 419 g/mol. The highest BCUT2D eigenvalue weighted by molar-refractivity contribution is 5.95. The lowest BCUT2D eigenvalue weighted by Gasteiger charge is -2.32. The van der Waals surface area contributed by atoms with Crippen LogP contribution in [-0.2, 0) is 16.1 Å². The Hall–Kier alpha value is -3.52. The van der Waals surface area contributed by atoms with Crippen molar-refractivity contribution in [2.75, 3.05) is 19.7 Å². The van der Waals surface area contributed by atoms with Gasteiger partial charge in [-0.15, -0.1) is 0 Å². The fourth-order valence-corrected chi connectivity index (χ4v) is 3.56. The van der Waals surface area contributed by atoms with E-state index in [1.807, 2.05) is 50.4 Å². The summed E-state index contributed by atoms with van der Waals surface area (Å²) < 4.78 is 7.37. The molecule has 2 aromatic heterocycles. The van der Waals surface area contributed by atoms with Crippen molar-refractivity contribution in [2.45, 2.75) is 26.5 Å². The van der Waals surface area contributed by atoms with Crippen molar-refractivity contribution in [3.8, 4) is 5.69 Å². The first-order valence-corrected chi connectivity index (χ1v) is 10.2. The zero-order valence-corrected chi connectivity index (χ0v) is 17.6. The molecule has 3 heterocycles. The topological polar surface area (TPSA) is 89.4 Å². The number of pyridine rings is 1. The van der Waals surface area contributed by atoms with Crippen LogP contribution in [0.25, 0.3) is 5.69 Å². The summed E-state index contributed by atoms with van der Waals surface area (Å²) in [6.45, 7) is 5.20. The Morgan fingerprint density at radius 2 is 2.03 bits per heavy atom. The maximum Gasteiger partial charge on any atom is 0.254 e. The molecule has 8 heteroatoms. The van der Waals surface area contributed by atoms with Crippen molar-refractivity contribution in [2.24, 2.45) is 0 Å². The van der Waals surface area contributed by atoms with Gasteiger partial charge in [-0.2, -0.15) is 5.10 Å². The van der Waals surface area contributed by atoms with Gasteiger partial charge in [0.15, 0.2) is 6.10 Å². The van der Waals surface area contributed by atoms with E-state index < -0.39 is 6.10 Å². The highest BCUT2D eigenvalue weighted by Gasteiger charge is 2.30. The molecular formula is C23H25N5O3. The van der Waals surface area contributed by atoms with E-state index in [4.69, 9.17) is 4.74 Å². The minimum absolute atomic E-state index is 0.130. The normalized spacial score (nSPS) is 16.2. The first-order chi connectivity index (χ1) is 15.0. The van der Waals surface area contributed by atoms with Crippen molar-refractivity contribution < 1.29 is 14.3 Å². The summed E-state index contributed by atoms with van der Waals surface area (Å²) in [5.41, 5.74) is 4.25. The van der Waals surface area contributed by atoms with E-state index in [9.17, 15) is 9.59 Å². The Bertz CT molecular complexity index is 1080. The van der Waals surface area contributed by atoms with Gasteiger partial charge in [0.05, 0.1) is 31.1 Å². The quantitative estimate of drug-likeness (QED) is 0.684. The van der Waals surface area contributed by atoms with Crippen molar-refractivity contribution in [1.82, 2.24) is 25.0 Å². The molecule has 0 radical (unpaired) electrons. The third-order valence-corrected chi connectivity index (χ3v) is 5.40. The molecule has 2 amide bonds. The number of nitrogens with zero attached hydrogens (tertiary/aromatic N) is 4. The lowest BCUT2D eigenvalue weighted by atomic mass is 10.1. The highest BCUT2D eigenvalue weighted by Crippen LogP contribution is 2.18. The van der Waals surface area contributed by atoms with Gasteiger partial charge >= 0.3 is 0 Å². The number of amides is 2. The van der Waals surface area contributed by atoms with Crippen LogP contribution in [0.15, 0.2) is 55.0 Å². The molecule has 160 valence electrons. The fourth-order valence-electron chi connectivity index (χ4n) is 3.56. The molecule has 1 unspecified atom stereocenters. The number of nitrogens with one attached hydrogen (secondary N) is 1. The molecule has 1 fully saturated rings. The van der Waals surface area contributed by atoms with Crippen LogP contribution in [-0.4, -0.2) is 57.3 Å². The SMILES string of the molecule is Cc1ccc(C(=O)N2CCOC(C(=O)NCc3ncccc3C)C2)cc1-n1cccn1. The van der Waals surface area contributed by atoms with E-state index in [-0.39, 0.29) is 18.4 Å². The third-order valence-electron chi connectivity index (χ3n) is 5.40. The molecule has 0 aliphatic carbocycles. The van der Waals surface area contributed by atoms with Crippen LogP contribution in [0.2, 0.25) is 0 Å². The first-order valence-electron chi connectivity index (χ1n) is 10.2. The molecule has 0 spiro atoms. The zero-order valence-electron chi connectivity index (χ0n) is 17.6. The predicted molar refractivity (Wildman–Crippen MR) is 115 cm³/mol. The Morgan fingerprint density at radius 1 is 1.16 bits per heavy atom. The summed E-state index contributed by atoms with van der Waals surface area (Å²) >= 11 is 0. The second kappa shape index (κ2) is 9.09. The Balaban J connectivity index is 1.42. The van der Waals surface area contributed by atoms with Crippen molar-refractivity contribution in [3.63, 3.8) is 0 Å². The number of aromatic nitrogens is 3. The molecule has 1 atom stereocenters. The zero-order chi connectivity index (χ0) is 21.8. The number of ether oxygens (including phenoxy) is 1. The van der Waals surface area contributed by atoms with Crippen molar-refractivity contribution in [1.29, 1.82) is 0 Å². The predicted octanol–water partition coefficient (Wildman–Crippen LogP) is 2.04. The molecule has 8 nitrogen and oxygen atoms in total. The summed E-state index contributed by atoms with van der Waals surface area (Å²) in [4.78, 5) is 31.7. The van der Waals surface area contributed by atoms with Crippen LogP contribution < -0.4 is 5.32 Å². The standard InChI is InChI=1S/C23H25N5O3/c1-16-5-3-8-24-19(16)14-25-22(29)21-15-27(11-12-31-21)23(30)18-7-6-17(2)20(13-18)28-10-4-9-26-28/h3-10,13,21H,11-12,14-15H2,1-2H3,(H,25,29). The lowest BCUT2D eigenvalue weighted by Crippen LogP contribution is -2.51. The summed E-state index contributed by atoms with van der Waals surface area (Å²) in [6, 6.07) is 11.2. The van der Waals surface area contributed by atoms with Crippen LogP contribution in [0.3, 0.4) is 0 Å². The van der Waals surface area contributed by atoms with Crippen LogP contribution >= 0.6 is 0 Å². The van der Waals surface area contributed by atoms with E-state index in [2.05, 4.69) is 15.4 Å². The summed E-state index contributed by atoms with van der Waals surface area (Å²) in [6.07, 6.45) is 4.53. The molecule has 4 rings (SSSR count). The summed E-state index contributed by atoms with van der Waals surface area (Å²) in [7, 11) is 0. The van der Waals surface area contributed by atoms with Gasteiger partial charge in [-0.3, -0.25) is 14.6 Å². The molecule has 1 N–H and O–H groups in total. The average molecular weight is 419 g/mol. The molecule has 0 bridgehead atoms. The molecule has 1 saturated heterocycles. The highest BCUT2D eigenvalue weighted by atomic mass is 16.5.